The summed E-state index contributed by atoms with van der Waals surface area (Å²) in [7, 11) is 1.63. The van der Waals surface area contributed by atoms with Gasteiger partial charge >= 0.3 is 0 Å². The van der Waals surface area contributed by atoms with Crippen LogP contribution in [0.3, 0.4) is 0 Å². The largest absolute Gasteiger partial charge is 0.494 e. The van der Waals surface area contributed by atoms with E-state index in [1.807, 2.05) is 69.3 Å². The summed E-state index contributed by atoms with van der Waals surface area (Å²) in [5.74, 6) is 0.606. The minimum atomic E-state index is -0.0978. The lowest BCUT2D eigenvalue weighted by atomic mass is 10.1. The van der Waals surface area contributed by atoms with Gasteiger partial charge in [-0.05, 0) is 67.8 Å². The van der Waals surface area contributed by atoms with Gasteiger partial charge in [-0.1, -0.05) is 29.5 Å². The summed E-state index contributed by atoms with van der Waals surface area (Å²) < 4.78 is 6.51. The van der Waals surface area contributed by atoms with Crippen LogP contribution >= 0.6 is 11.3 Å². The smallest absolute Gasteiger partial charge is 0.260 e. The van der Waals surface area contributed by atoms with Crippen LogP contribution in [0.2, 0.25) is 0 Å². The molecule has 5 nitrogen and oxygen atoms in total. The standard InChI is InChI=1S/C24H23N3O2S/c1-15-8-10-18(13-17(15)3)23(28)27(14-19-7-5-6-12-25-19)24-26-21-20(29-4)11-9-16(2)22(21)30-24/h5-13H,14H2,1-4H3. The predicted molar refractivity (Wildman–Crippen MR) is 122 cm³/mol. The number of anilines is 1. The molecule has 0 bridgehead atoms. The van der Waals surface area contributed by atoms with Crippen LogP contribution in [0.15, 0.2) is 54.7 Å². The van der Waals surface area contributed by atoms with Crippen LogP contribution < -0.4 is 9.64 Å². The van der Waals surface area contributed by atoms with Gasteiger partial charge in [0.2, 0.25) is 0 Å². The molecule has 0 fully saturated rings. The number of fused-ring (bicyclic) bond motifs is 1. The number of carbonyl (C=O) groups excluding carboxylic acids is 1. The maximum Gasteiger partial charge on any atom is 0.260 e. The first-order valence-corrected chi connectivity index (χ1v) is 10.5. The number of rotatable bonds is 5. The molecule has 4 rings (SSSR count). The fraction of sp³-hybridized carbons (Fsp3) is 0.208. The highest BCUT2D eigenvalue weighted by molar-refractivity contribution is 7.22. The lowest BCUT2D eigenvalue weighted by Gasteiger charge is -2.20. The van der Waals surface area contributed by atoms with Gasteiger partial charge in [-0.2, -0.15) is 0 Å². The maximum absolute atomic E-state index is 13.6. The molecule has 0 radical (unpaired) electrons. The molecule has 0 unspecified atom stereocenters. The fourth-order valence-electron chi connectivity index (χ4n) is 3.29. The van der Waals surface area contributed by atoms with Crippen LogP contribution in [0, 0.1) is 20.8 Å². The van der Waals surface area contributed by atoms with Gasteiger partial charge in [0.15, 0.2) is 5.13 Å². The Kier molecular flexibility index (Phi) is 5.50. The van der Waals surface area contributed by atoms with Gasteiger partial charge < -0.3 is 4.74 Å². The average Bonchev–Trinajstić information content (AvgIpc) is 3.21. The molecular formula is C24H23N3O2S. The summed E-state index contributed by atoms with van der Waals surface area (Å²) in [6, 6.07) is 15.4. The lowest BCUT2D eigenvalue weighted by Crippen LogP contribution is -2.30. The average molecular weight is 418 g/mol. The molecule has 0 aliphatic rings. The molecule has 0 spiro atoms. The predicted octanol–water partition coefficient (Wildman–Crippen LogP) is 5.47. The summed E-state index contributed by atoms with van der Waals surface area (Å²) in [6.07, 6.45) is 1.74. The van der Waals surface area contributed by atoms with Gasteiger partial charge in [0.05, 0.1) is 24.0 Å². The second-order valence-corrected chi connectivity index (χ2v) is 8.25. The Labute approximate surface area is 180 Å². The van der Waals surface area contributed by atoms with Crippen molar-refractivity contribution in [2.24, 2.45) is 0 Å². The van der Waals surface area contributed by atoms with Crippen LogP contribution in [0.25, 0.3) is 10.2 Å². The molecule has 2 aromatic heterocycles. The molecule has 30 heavy (non-hydrogen) atoms. The summed E-state index contributed by atoms with van der Waals surface area (Å²) in [4.78, 5) is 24.5. The molecule has 6 heteroatoms. The van der Waals surface area contributed by atoms with Crippen molar-refractivity contribution in [1.82, 2.24) is 9.97 Å². The van der Waals surface area contributed by atoms with E-state index in [-0.39, 0.29) is 5.91 Å². The number of hydrogen-bond acceptors (Lipinski definition) is 5. The minimum absolute atomic E-state index is 0.0978. The Bertz CT molecular complexity index is 1220. The van der Waals surface area contributed by atoms with Crippen LogP contribution in [-0.2, 0) is 6.54 Å². The van der Waals surface area contributed by atoms with Crippen LogP contribution in [0.1, 0.15) is 32.7 Å². The molecule has 0 aliphatic heterocycles. The topological polar surface area (TPSA) is 55.3 Å². The highest BCUT2D eigenvalue weighted by Gasteiger charge is 2.24. The number of thiazole rings is 1. The third-order valence-electron chi connectivity index (χ3n) is 5.19. The van der Waals surface area contributed by atoms with Crippen molar-refractivity contribution >= 4 is 32.6 Å². The number of methoxy groups -OCH3 is 1. The summed E-state index contributed by atoms with van der Waals surface area (Å²) in [5, 5.41) is 0.631. The first-order chi connectivity index (χ1) is 14.5. The zero-order chi connectivity index (χ0) is 21.3. The molecule has 2 heterocycles. The zero-order valence-corrected chi connectivity index (χ0v) is 18.3. The fourth-order valence-corrected chi connectivity index (χ4v) is 4.34. The third kappa shape index (κ3) is 3.78. The van der Waals surface area contributed by atoms with Crippen molar-refractivity contribution in [3.63, 3.8) is 0 Å². The number of ether oxygens (including phenoxy) is 1. The van der Waals surface area contributed by atoms with Crippen molar-refractivity contribution in [1.29, 1.82) is 0 Å². The summed E-state index contributed by atoms with van der Waals surface area (Å²) in [5.41, 5.74) is 5.56. The number of hydrogen-bond donors (Lipinski definition) is 0. The number of benzene rings is 2. The van der Waals surface area contributed by atoms with Crippen molar-refractivity contribution in [2.45, 2.75) is 27.3 Å². The second kappa shape index (κ2) is 8.24. The maximum atomic E-state index is 13.6. The first kappa shape index (κ1) is 20.0. The van der Waals surface area contributed by atoms with Crippen LogP contribution in [-0.4, -0.2) is 23.0 Å². The Morgan fingerprint density at radius 2 is 1.83 bits per heavy atom. The van der Waals surface area contributed by atoms with Gasteiger partial charge in [0.25, 0.3) is 5.91 Å². The van der Waals surface area contributed by atoms with E-state index in [0.717, 1.165) is 32.6 Å². The number of carbonyl (C=O) groups is 1. The zero-order valence-electron chi connectivity index (χ0n) is 17.5. The Morgan fingerprint density at radius 3 is 2.53 bits per heavy atom. The normalized spacial score (nSPS) is 10.9. The summed E-state index contributed by atoms with van der Waals surface area (Å²) in [6.45, 7) is 6.44. The van der Waals surface area contributed by atoms with E-state index in [1.54, 1.807) is 18.2 Å². The van der Waals surface area contributed by atoms with Crippen molar-refractivity contribution in [3.8, 4) is 5.75 Å². The van der Waals surface area contributed by atoms with Crippen LogP contribution in [0.5, 0.6) is 5.75 Å². The van der Waals surface area contributed by atoms with E-state index in [4.69, 9.17) is 9.72 Å². The highest BCUT2D eigenvalue weighted by atomic mass is 32.1. The van der Waals surface area contributed by atoms with E-state index in [0.29, 0.717) is 23.0 Å². The van der Waals surface area contributed by atoms with E-state index in [2.05, 4.69) is 4.98 Å². The number of pyridine rings is 1. The molecule has 4 aromatic rings. The number of aromatic nitrogens is 2. The number of aryl methyl sites for hydroxylation is 3. The van der Waals surface area contributed by atoms with Crippen molar-refractivity contribution in [3.05, 3.63) is 82.7 Å². The molecule has 1 amide bonds. The molecule has 2 aromatic carbocycles. The monoisotopic (exact) mass is 417 g/mol. The third-order valence-corrected chi connectivity index (χ3v) is 6.40. The Morgan fingerprint density at radius 1 is 1.03 bits per heavy atom. The molecular weight excluding hydrogens is 394 g/mol. The SMILES string of the molecule is COc1ccc(C)c2sc(N(Cc3ccccn3)C(=O)c3ccc(C)c(C)c3)nc12. The van der Waals surface area contributed by atoms with Gasteiger partial charge in [-0.3, -0.25) is 14.7 Å². The minimum Gasteiger partial charge on any atom is -0.494 e. The second-order valence-electron chi connectivity index (χ2n) is 7.27. The summed E-state index contributed by atoms with van der Waals surface area (Å²) >= 11 is 1.50. The van der Waals surface area contributed by atoms with Gasteiger partial charge in [-0.15, -0.1) is 0 Å². The highest BCUT2D eigenvalue weighted by Crippen LogP contribution is 2.37. The van der Waals surface area contributed by atoms with E-state index >= 15 is 0 Å². The van der Waals surface area contributed by atoms with Gasteiger partial charge in [-0.25, -0.2) is 4.98 Å². The molecule has 0 saturated carbocycles. The van der Waals surface area contributed by atoms with E-state index in [1.165, 1.54) is 11.3 Å². The lowest BCUT2D eigenvalue weighted by molar-refractivity contribution is 0.0984. The molecule has 0 N–H and O–H groups in total. The quantitative estimate of drug-likeness (QED) is 0.432. The Hall–Kier alpha value is -3.25. The molecule has 152 valence electrons. The van der Waals surface area contributed by atoms with Crippen molar-refractivity contribution in [2.75, 3.05) is 12.0 Å². The molecule has 0 atom stereocenters. The van der Waals surface area contributed by atoms with Crippen LogP contribution in [0.4, 0.5) is 5.13 Å². The molecule has 0 aliphatic carbocycles. The van der Waals surface area contributed by atoms with Crippen molar-refractivity contribution < 1.29 is 9.53 Å². The Balaban J connectivity index is 1.83. The first-order valence-electron chi connectivity index (χ1n) is 9.71. The van der Waals surface area contributed by atoms with E-state index in [9.17, 15) is 4.79 Å². The number of nitrogens with zero attached hydrogens (tertiary/aromatic N) is 3. The van der Waals surface area contributed by atoms with Gasteiger partial charge in [0, 0.05) is 11.8 Å². The van der Waals surface area contributed by atoms with Gasteiger partial charge in [0.1, 0.15) is 11.3 Å². The van der Waals surface area contributed by atoms with E-state index < -0.39 is 0 Å². The number of amides is 1. The molecule has 0 saturated heterocycles.